The summed E-state index contributed by atoms with van der Waals surface area (Å²) in [5.41, 5.74) is 2.22. The van der Waals surface area contributed by atoms with Crippen LogP contribution in [0.2, 0.25) is 0 Å². The molecular formula is C21H29F2N3O3. The molecule has 1 heterocycles. The molecule has 1 saturated heterocycles. The normalized spacial score (nSPS) is 18.3. The molecule has 8 heteroatoms. The zero-order valence-electron chi connectivity index (χ0n) is 17.2. The number of nitrogens with zero attached hydrogens (tertiary/aromatic N) is 1. The Balaban J connectivity index is 0.00000184. The largest absolute Gasteiger partial charge is 0.340 e. The molecule has 1 aromatic rings. The molecule has 2 rings (SSSR count). The van der Waals surface area contributed by atoms with Gasteiger partial charge in [0.15, 0.2) is 0 Å². The lowest BCUT2D eigenvalue weighted by atomic mass is 10.0. The van der Waals surface area contributed by atoms with Crippen molar-refractivity contribution in [2.75, 3.05) is 13.6 Å². The molecule has 4 atom stereocenters. The van der Waals surface area contributed by atoms with Crippen molar-refractivity contribution in [2.24, 2.45) is 5.92 Å². The summed E-state index contributed by atoms with van der Waals surface area (Å²) in [7, 11) is 1.96. The molecule has 0 spiro atoms. The van der Waals surface area contributed by atoms with E-state index < -0.39 is 30.2 Å². The van der Waals surface area contributed by atoms with Gasteiger partial charge in [-0.05, 0) is 31.3 Å². The molecule has 29 heavy (non-hydrogen) atoms. The summed E-state index contributed by atoms with van der Waals surface area (Å²) in [6.45, 7) is 12.0. The van der Waals surface area contributed by atoms with E-state index in [0.717, 1.165) is 19.0 Å². The van der Waals surface area contributed by atoms with Gasteiger partial charge in [-0.3, -0.25) is 19.7 Å². The lowest BCUT2D eigenvalue weighted by molar-refractivity contribution is -0.134. The van der Waals surface area contributed by atoms with Crippen LogP contribution in [-0.2, 0) is 4.79 Å². The average Bonchev–Trinajstić information content (AvgIpc) is 3.47. The fourth-order valence-corrected chi connectivity index (χ4v) is 2.13. The minimum absolute atomic E-state index is 0.200. The Labute approximate surface area is 170 Å². The highest BCUT2D eigenvalue weighted by Crippen LogP contribution is 2.15. The van der Waals surface area contributed by atoms with Gasteiger partial charge in [0, 0.05) is 23.6 Å². The van der Waals surface area contributed by atoms with Crippen molar-refractivity contribution in [3.8, 4) is 11.8 Å². The Morgan fingerprint density at radius 2 is 1.76 bits per heavy atom. The fourth-order valence-electron chi connectivity index (χ4n) is 2.13. The molecule has 1 aliphatic rings. The number of amides is 2. The third-order valence-corrected chi connectivity index (χ3v) is 3.99. The standard InChI is InChI=1S/C17H19F2N3O3.C2H6.C2H4/c1-10(15(18)19)14(17(24)21-25)20-16(23)12-6-3-11(4-7-12)5-8-13-9-22(13)2;2*1-2/h3-4,6-7,10,13-15,25H,9H2,1-2H3,(H,20,23)(H,21,24);1-2H3;1-2H2. The lowest BCUT2D eigenvalue weighted by Gasteiger charge is -2.22. The Morgan fingerprint density at radius 3 is 2.17 bits per heavy atom. The van der Waals surface area contributed by atoms with Gasteiger partial charge in [0.05, 0.1) is 6.04 Å². The van der Waals surface area contributed by atoms with Gasteiger partial charge in [-0.25, -0.2) is 14.3 Å². The Morgan fingerprint density at radius 1 is 1.24 bits per heavy atom. The van der Waals surface area contributed by atoms with Gasteiger partial charge in [-0.15, -0.1) is 13.2 Å². The number of hydrogen-bond donors (Lipinski definition) is 3. The number of nitrogens with one attached hydrogen (secondary N) is 2. The van der Waals surface area contributed by atoms with Crippen LogP contribution in [0.25, 0.3) is 0 Å². The van der Waals surface area contributed by atoms with Gasteiger partial charge in [-0.1, -0.05) is 32.6 Å². The maximum Gasteiger partial charge on any atom is 0.266 e. The molecule has 6 nitrogen and oxygen atoms in total. The highest BCUT2D eigenvalue weighted by atomic mass is 19.3. The highest BCUT2D eigenvalue weighted by Gasteiger charge is 2.32. The first-order valence-corrected chi connectivity index (χ1v) is 9.18. The molecule has 1 aliphatic heterocycles. The van der Waals surface area contributed by atoms with Crippen LogP contribution in [0, 0.1) is 17.8 Å². The van der Waals surface area contributed by atoms with Gasteiger partial charge < -0.3 is 5.32 Å². The smallest absolute Gasteiger partial charge is 0.266 e. The number of carbonyl (C=O) groups is 2. The first-order valence-electron chi connectivity index (χ1n) is 9.18. The minimum Gasteiger partial charge on any atom is -0.340 e. The van der Waals surface area contributed by atoms with E-state index in [0.29, 0.717) is 0 Å². The Bertz CT molecular complexity index is 714. The minimum atomic E-state index is -2.83. The van der Waals surface area contributed by atoms with E-state index >= 15 is 0 Å². The summed E-state index contributed by atoms with van der Waals surface area (Å²) in [5.74, 6) is 2.80. The molecule has 1 fully saturated rings. The number of benzene rings is 1. The number of halogens is 2. The molecular weight excluding hydrogens is 380 g/mol. The molecule has 0 aliphatic carbocycles. The van der Waals surface area contributed by atoms with Crippen LogP contribution in [0.3, 0.4) is 0 Å². The fraction of sp³-hybridized carbons (Fsp3) is 0.429. The van der Waals surface area contributed by atoms with E-state index in [4.69, 9.17) is 5.21 Å². The van der Waals surface area contributed by atoms with Crippen LogP contribution in [0.1, 0.15) is 36.7 Å². The summed E-state index contributed by atoms with van der Waals surface area (Å²) in [4.78, 5) is 25.8. The van der Waals surface area contributed by atoms with Gasteiger partial charge >= 0.3 is 0 Å². The maximum absolute atomic E-state index is 12.8. The number of hydroxylamine groups is 1. The summed E-state index contributed by atoms with van der Waals surface area (Å²) in [5, 5.41) is 10.9. The lowest BCUT2D eigenvalue weighted by Crippen LogP contribution is -2.51. The van der Waals surface area contributed by atoms with E-state index in [-0.39, 0.29) is 11.6 Å². The first-order chi connectivity index (χ1) is 13.8. The molecule has 3 N–H and O–H groups in total. The highest BCUT2D eigenvalue weighted by molar-refractivity contribution is 5.97. The number of hydrogen-bond acceptors (Lipinski definition) is 4. The molecule has 1 aromatic carbocycles. The maximum atomic E-state index is 12.8. The first kappa shape index (κ1) is 26.2. The molecule has 0 saturated carbocycles. The third kappa shape index (κ3) is 8.42. The van der Waals surface area contributed by atoms with Crippen LogP contribution in [0.5, 0.6) is 0 Å². The molecule has 0 radical (unpaired) electrons. The van der Waals surface area contributed by atoms with Gasteiger partial charge in [-0.2, -0.15) is 0 Å². The van der Waals surface area contributed by atoms with Crippen molar-refractivity contribution in [1.82, 2.24) is 15.7 Å². The van der Waals surface area contributed by atoms with E-state index in [1.807, 2.05) is 20.9 Å². The summed E-state index contributed by atoms with van der Waals surface area (Å²) < 4.78 is 25.7. The van der Waals surface area contributed by atoms with Crippen molar-refractivity contribution in [1.29, 1.82) is 0 Å². The molecule has 2 amide bonds. The predicted molar refractivity (Wildman–Crippen MR) is 109 cm³/mol. The number of carbonyl (C=O) groups excluding carboxylic acids is 2. The van der Waals surface area contributed by atoms with Crippen LogP contribution in [-0.4, -0.2) is 54.0 Å². The predicted octanol–water partition coefficient (Wildman–Crippen LogP) is 2.69. The zero-order chi connectivity index (χ0) is 22.6. The monoisotopic (exact) mass is 409 g/mol. The van der Waals surface area contributed by atoms with Gasteiger partial charge in [0.25, 0.3) is 11.8 Å². The van der Waals surface area contributed by atoms with E-state index in [1.165, 1.54) is 17.6 Å². The average molecular weight is 409 g/mol. The van der Waals surface area contributed by atoms with Crippen LogP contribution < -0.4 is 10.8 Å². The van der Waals surface area contributed by atoms with E-state index in [9.17, 15) is 18.4 Å². The summed E-state index contributed by atoms with van der Waals surface area (Å²) in [6, 6.07) is 4.98. The summed E-state index contributed by atoms with van der Waals surface area (Å²) >= 11 is 0. The van der Waals surface area contributed by atoms with E-state index in [2.05, 4.69) is 35.2 Å². The zero-order valence-corrected chi connectivity index (χ0v) is 17.2. The van der Waals surface area contributed by atoms with Crippen molar-refractivity contribution in [3.63, 3.8) is 0 Å². The second-order valence-corrected chi connectivity index (χ2v) is 5.92. The number of alkyl halides is 2. The van der Waals surface area contributed by atoms with Crippen LogP contribution in [0.15, 0.2) is 37.4 Å². The Kier molecular flexibility index (Phi) is 12.1. The topological polar surface area (TPSA) is 81.4 Å². The van der Waals surface area contributed by atoms with Crippen molar-refractivity contribution >= 4 is 11.8 Å². The second kappa shape index (κ2) is 13.4. The SMILES string of the molecule is C=C.CC.CC(C(F)F)C(NC(=O)c1ccc(C#CC2CN2C)cc1)C(=O)NO. The molecule has 160 valence electrons. The molecule has 4 unspecified atom stereocenters. The third-order valence-electron chi connectivity index (χ3n) is 3.99. The summed E-state index contributed by atoms with van der Waals surface area (Å²) in [6.07, 6.45) is -2.83. The van der Waals surface area contributed by atoms with Gasteiger partial charge in [0.1, 0.15) is 6.04 Å². The van der Waals surface area contributed by atoms with Crippen molar-refractivity contribution < 1.29 is 23.6 Å². The van der Waals surface area contributed by atoms with Gasteiger partial charge in [0.2, 0.25) is 6.43 Å². The van der Waals surface area contributed by atoms with E-state index in [1.54, 1.807) is 12.1 Å². The van der Waals surface area contributed by atoms with Crippen molar-refractivity contribution in [3.05, 3.63) is 48.6 Å². The molecule has 0 aromatic heterocycles. The molecule has 0 bridgehead atoms. The van der Waals surface area contributed by atoms with Crippen LogP contribution in [0.4, 0.5) is 8.78 Å². The van der Waals surface area contributed by atoms with Crippen molar-refractivity contribution in [2.45, 2.75) is 39.3 Å². The Hall–Kier alpha value is -2.76. The number of rotatable bonds is 5. The quantitative estimate of drug-likeness (QED) is 0.230. The second-order valence-electron chi connectivity index (χ2n) is 5.92. The number of likely N-dealkylation sites (N-methyl/N-ethyl adjacent to an activating group) is 1. The van der Waals surface area contributed by atoms with Crippen LogP contribution >= 0.6 is 0 Å².